The van der Waals surface area contributed by atoms with Crippen molar-refractivity contribution in [1.82, 2.24) is 5.32 Å². The highest BCUT2D eigenvalue weighted by Gasteiger charge is 2.44. The molecule has 56 heavy (non-hydrogen) atoms. The topological polar surface area (TPSA) is 149 Å². The summed E-state index contributed by atoms with van der Waals surface area (Å²) in [5.41, 5.74) is 0. The summed E-state index contributed by atoms with van der Waals surface area (Å²) in [5.74, 6) is -0.280. The minimum atomic E-state index is -1.59. The number of hydrogen-bond donors (Lipinski definition) is 6. The molecular weight excluding hydrogens is 707 g/mol. The molecule has 0 aliphatic carbocycles. The number of nitrogens with one attached hydrogen (secondary N) is 1. The van der Waals surface area contributed by atoms with Gasteiger partial charge in [0.05, 0.1) is 25.4 Å². The SMILES string of the molecule is CC/C=C\C/C=C\C/C=C\C/C=C\C/C=C\C/C=C\CCC(=O)NC(COC1OC(CO)C(O)C(O)C1O)C(O)/C=C/CC/C=C/CC/C=C/CCCCCC. The van der Waals surface area contributed by atoms with Crippen molar-refractivity contribution in [1.29, 1.82) is 0 Å². The Labute approximate surface area is 338 Å². The van der Waals surface area contributed by atoms with Crippen LogP contribution in [-0.2, 0) is 14.3 Å². The van der Waals surface area contributed by atoms with Crippen LogP contribution in [0.15, 0.2) is 109 Å². The number of aliphatic hydroxyl groups is 5. The van der Waals surface area contributed by atoms with Crippen LogP contribution in [0.1, 0.15) is 123 Å². The van der Waals surface area contributed by atoms with E-state index in [1.807, 2.05) is 18.2 Å². The van der Waals surface area contributed by atoms with E-state index in [9.17, 15) is 30.3 Å². The van der Waals surface area contributed by atoms with Gasteiger partial charge < -0.3 is 40.3 Å². The molecule has 0 radical (unpaired) electrons. The van der Waals surface area contributed by atoms with Crippen LogP contribution in [0.4, 0.5) is 0 Å². The third-order valence-corrected chi connectivity index (χ3v) is 9.07. The van der Waals surface area contributed by atoms with Crippen LogP contribution in [0, 0.1) is 0 Å². The molecule has 1 aliphatic heterocycles. The van der Waals surface area contributed by atoms with Gasteiger partial charge in [-0.05, 0) is 83.5 Å². The van der Waals surface area contributed by atoms with Gasteiger partial charge in [-0.3, -0.25) is 4.79 Å². The van der Waals surface area contributed by atoms with Crippen molar-refractivity contribution in [3.05, 3.63) is 109 Å². The second-order valence-corrected chi connectivity index (χ2v) is 14.0. The number of amides is 1. The highest BCUT2D eigenvalue weighted by Crippen LogP contribution is 2.22. The number of hydrogen-bond acceptors (Lipinski definition) is 8. The maximum absolute atomic E-state index is 12.9. The standard InChI is InChI=1S/C47H75NO8/c1-3-5-7-9-11-13-15-17-19-20-21-22-23-25-27-29-31-33-35-37-43(51)48-40(39-55-47-46(54)45(53)44(52)42(38-49)56-47)41(50)36-34-32-30-28-26-24-18-16-14-12-10-8-6-4-2/h5,7,11,13-14,16-17,19,21-22,25-28,31,33-34,36,40-42,44-47,49-50,52-54H,3-4,6,8-10,12,15,18,20,23-24,29-30,32,35,37-39H2,1-2H3,(H,48,51)/b7-5-,13-11-,16-14+,19-17-,22-21-,27-25-,28-26+,33-31-,36-34+. The fourth-order valence-electron chi connectivity index (χ4n) is 5.68. The fraction of sp³-hybridized carbons (Fsp3) is 0.596. The van der Waals surface area contributed by atoms with Gasteiger partial charge in [0, 0.05) is 6.42 Å². The van der Waals surface area contributed by atoms with Crippen molar-refractivity contribution in [2.24, 2.45) is 0 Å². The third-order valence-electron chi connectivity index (χ3n) is 9.07. The average Bonchev–Trinajstić information content (AvgIpc) is 3.20. The number of allylic oxidation sites excluding steroid dienone is 17. The van der Waals surface area contributed by atoms with Crippen LogP contribution in [0.5, 0.6) is 0 Å². The number of carbonyl (C=O) groups excluding carboxylic acids is 1. The van der Waals surface area contributed by atoms with E-state index >= 15 is 0 Å². The third kappa shape index (κ3) is 26.7. The van der Waals surface area contributed by atoms with E-state index in [1.165, 1.54) is 25.7 Å². The van der Waals surface area contributed by atoms with Crippen molar-refractivity contribution in [2.75, 3.05) is 13.2 Å². The summed E-state index contributed by atoms with van der Waals surface area (Å²) in [6, 6.07) is -0.874. The van der Waals surface area contributed by atoms with Crippen molar-refractivity contribution in [3.8, 4) is 0 Å². The normalized spacial score (nSPS) is 22.3. The Morgan fingerprint density at radius 1 is 0.625 bits per heavy atom. The Morgan fingerprint density at radius 3 is 1.66 bits per heavy atom. The molecule has 1 rings (SSSR count). The predicted molar refractivity (Wildman–Crippen MR) is 230 cm³/mol. The van der Waals surface area contributed by atoms with Crippen LogP contribution in [0.3, 0.4) is 0 Å². The molecule has 9 heteroatoms. The number of rotatable bonds is 32. The molecule has 0 aromatic rings. The Morgan fingerprint density at radius 2 is 1.12 bits per heavy atom. The van der Waals surface area contributed by atoms with Gasteiger partial charge in [0.1, 0.15) is 24.4 Å². The molecule has 9 nitrogen and oxygen atoms in total. The summed E-state index contributed by atoms with van der Waals surface area (Å²) in [6.45, 7) is 3.53. The largest absolute Gasteiger partial charge is 0.394 e. The second kappa shape index (κ2) is 36.2. The highest BCUT2D eigenvalue weighted by molar-refractivity contribution is 5.76. The van der Waals surface area contributed by atoms with Gasteiger partial charge in [0.2, 0.25) is 5.91 Å². The lowest BCUT2D eigenvalue weighted by molar-refractivity contribution is -0.302. The predicted octanol–water partition coefficient (Wildman–Crippen LogP) is 8.33. The molecule has 7 atom stereocenters. The molecule has 7 unspecified atom stereocenters. The maximum atomic E-state index is 12.9. The Hall–Kier alpha value is -3.15. The summed E-state index contributed by atoms with van der Waals surface area (Å²) >= 11 is 0. The van der Waals surface area contributed by atoms with Gasteiger partial charge in [-0.1, -0.05) is 142 Å². The van der Waals surface area contributed by atoms with E-state index in [0.717, 1.165) is 64.2 Å². The molecule has 1 aliphatic rings. The molecular formula is C47H75NO8. The minimum absolute atomic E-state index is 0.202. The van der Waals surface area contributed by atoms with Crippen molar-refractivity contribution in [3.63, 3.8) is 0 Å². The summed E-state index contributed by atoms with van der Waals surface area (Å²) in [4.78, 5) is 12.9. The molecule has 6 N–H and O–H groups in total. The van der Waals surface area contributed by atoms with Crippen LogP contribution in [0.25, 0.3) is 0 Å². The Kier molecular flexibility index (Phi) is 32.9. The minimum Gasteiger partial charge on any atom is -0.394 e. The zero-order chi connectivity index (χ0) is 40.9. The fourth-order valence-corrected chi connectivity index (χ4v) is 5.68. The number of aliphatic hydroxyl groups excluding tert-OH is 5. The first-order valence-corrected chi connectivity index (χ1v) is 21.1. The van der Waals surface area contributed by atoms with Gasteiger partial charge in [0.15, 0.2) is 6.29 Å². The van der Waals surface area contributed by atoms with Gasteiger partial charge in [-0.2, -0.15) is 0 Å². The first-order valence-electron chi connectivity index (χ1n) is 21.1. The Bertz CT molecular complexity index is 1230. The molecule has 1 heterocycles. The lowest BCUT2D eigenvalue weighted by Crippen LogP contribution is -2.60. The molecule has 1 saturated heterocycles. The number of ether oxygens (including phenoxy) is 2. The molecule has 0 aromatic heterocycles. The zero-order valence-corrected chi connectivity index (χ0v) is 34.3. The Balaban J connectivity index is 2.51. The zero-order valence-electron chi connectivity index (χ0n) is 34.3. The van der Waals surface area contributed by atoms with Gasteiger partial charge in [-0.25, -0.2) is 0 Å². The smallest absolute Gasteiger partial charge is 0.220 e. The molecule has 316 valence electrons. The molecule has 0 bridgehead atoms. The molecule has 0 saturated carbocycles. The molecule has 0 spiro atoms. The van der Waals surface area contributed by atoms with E-state index in [4.69, 9.17) is 9.47 Å². The van der Waals surface area contributed by atoms with Crippen LogP contribution in [-0.4, -0.2) is 87.5 Å². The summed E-state index contributed by atoms with van der Waals surface area (Å²) in [5, 5.41) is 53.9. The van der Waals surface area contributed by atoms with Crippen LogP contribution in [0.2, 0.25) is 0 Å². The summed E-state index contributed by atoms with van der Waals surface area (Å²) in [6.07, 6.45) is 45.7. The quantitative estimate of drug-likeness (QED) is 0.0295. The number of unbranched alkanes of at least 4 members (excludes halogenated alkanes) is 6. The van der Waals surface area contributed by atoms with Gasteiger partial charge in [-0.15, -0.1) is 0 Å². The van der Waals surface area contributed by atoms with Crippen molar-refractivity contribution >= 4 is 5.91 Å². The lowest BCUT2D eigenvalue weighted by atomic mass is 9.99. The molecule has 0 aromatic carbocycles. The van der Waals surface area contributed by atoms with E-state index in [-0.39, 0.29) is 18.9 Å². The highest BCUT2D eigenvalue weighted by atomic mass is 16.7. The lowest BCUT2D eigenvalue weighted by Gasteiger charge is -2.40. The monoisotopic (exact) mass is 782 g/mol. The average molecular weight is 782 g/mol. The summed E-state index contributed by atoms with van der Waals surface area (Å²) < 4.78 is 11.1. The van der Waals surface area contributed by atoms with Crippen LogP contribution < -0.4 is 5.32 Å². The maximum Gasteiger partial charge on any atom is 0.220 e. The summed E-state index contributed by atoms with van der Waals surface area (Å²) in [7, 11) is 0. The van der Waals surface area contributed by atoms with Crippen molar-refractivity contribution < 1.29 is 39.8 Å². The van der Waals surface area contributed by atoms with Gasteiger partial charge in [0.25, 0.3) is 0 Å². The number of carbonyl (C=O) groups is 1. The second-order valence-electron chi connectivity index (χ2n) is 14.0. The molecule has 1 fully saturated rings. The van der Waals surface area contributed by atoms with E-state index in [0.29, 0.717) is 12.8 Å². The first-order chi connectivity index (χ1) is 27.3. The first kappa shape index (κ1) is 50.9. The molecule has 1 amide bonds. The van der Waals surface area contributed by atoms with E-state index < -0.39 is 49.5 Å². The van der Waals surface area contributed by atoms with E-state index in [2.05, 4.69) is 104 Å². The van der Waals surface area contributed by atoms with Crippen molar-refractivity contribution in [2.45, 2.75) is 166 Å². The van der Waals surface area contributed by atoms with E-state index in [1.54, 1.807) is 6.08 Å². The van der Waals surface area contributed by atoms with Gasteiger partial charge >= 0.3 is 0 Å². The van der Waals surface area contributed by atoms with Crippen LogP contribution >= 0.6 is 0 Å².